The van der Waals surface area contributed by atoms with Crippen molar-refractivity contribution in [1.82, 2.24) is 0 Å². The van der Waals surface area contributed by atoms with Crippen molar-refractivity contribution in [2.24, 2.45) is 0 Å². The van der Waals surface area contributed by atoms with Gasteiger partial charge in [0.1, 0.15) is 19.3 Å². The van der Waals surface area contributed by atoms with Gasteiger partial charge in [0.15, 0.2) is 11.5 Å². The Morgan fingerprint density at radius 3 is 2.57 bits per heavy atom. The first-order valence-corrected chi connectivity index (χ1v) is 11.0. The van der Waals surface area contributed by atoms with E-state index in [2.05, 4.69) is 0 Å². The van der Waals surface area contributed by atoms with E-state index in [1.54, 1.807) is 30.0 Å². The molecule has 0 radical (unpaired) electrons. The van der Waals surface area contributed by atoms with Gasteiger partial charge < -0.3 is 14.4 Å². The summed E-state index contributed by atoms with van der Waals surface area (Å²) in [4.78, 5) is 14.9. The summed E-state index contributed by atoms with van der Waals surface area (Å²) in [6.07, 6.45) is 1.86. The van der Waals surface area contributed by atoms with E-state index in [0.717, 1.165) is 28.2 Å². The highest BCUT2D eigenvalue weighted by Gasteiger charge is 2.35. The van der Waals surface area contributed by atoms with Gasteiger partial charge in [-0.3, -0.25) is 9.10 Å². The molecule has 1 unspecified atom stereocenters. The maximum absolute atomic E-state index is 13.2. The molecular weight excluding hydrogens is 380 g/mol. The molecule has 0 aliphatic carbocycles. The predicted octanol–water partition coefficient (Wildman–Crippen LogP) is 2.20. The molecule has 7 nitrogen and oxygen atoms in total. The van der Waals surface area contributed by atoms with Crippen molar-refractivity contribution in [3.8, 4) is 11.5 Å². The quantitative estimate of drug-likeness (QED) is 0.784. The van der Waals surface area contributed by atoms with E-state index >= 15 is 0 Å². The molecule has 2 aliphatic heterocycles. The number of amides is 1. The van der Waals surface area contributed by atoms with Gasteiger partial charge in [-0.25, -0.2) is 8.42 Å². The molecule has 0 saturated carbocycles. The summed E-state index contributed by atoms with van der Waals surface area (Å²) in [5, 5.41) is 0. The van der Waals surface area contributed by atoms with Gasteiger partial charge in [-0.1, -0.05) is 18.2 Å². The topological polar surface area (TPSA) is 76.2 Å². The second-order valence-corrected chi connectivity index (χ2v) is 8.79. The first-order valence-electron chi connectivity index (χ1n) is 9.14. The number of ether oxygens (including phenoxy) is 2. The maximum Gasteiger partial charge on any atom is 0.250 e. The second kappa shape index (κ2) is 7.01. The molecule has 0 saturated heterocycles. The second-order valence-electron chi connectivity index (χ2n) is 6.93. The average molecular weight is 402 g/mol. The Labute approximate surface area is 164 Å². The summed E-state index contributed by atoms with van der Waals surface area (Å²) in [6, 6.07) is 11.7. The molecule has 148 valence electrons. The van der Waals surface area contributed by atoms with E-state index in [1.165, 1.54) is 0 Å². The van der Waals surface area contributed by atoms with Gasteiger partial charge in [0.05, 0.1) is 11.9 Å². The van der Waals surface area contributed by atoms with Crippen LogP contribution in [0.5, 0.6) is 11.5 Å². The largest absolute Gasteiger partial charge is 0.486 e. The number of nitrogens with zero attached hydrogens (tertiary/aromatic N) is 2. The molecule has 0 fully saturated rings. The van der Waals surface area contributed by atoms with E-state index in [0.29, 0.717) is 36.9 Å². The summed E-state index contributed by atoms with van der Waals surface area (Å²) in [7, 11) is -3.71. The molecule has 0 bridgehead atoms. The third-order valence-corrected chi connectivity index (χ3v) is 6.24. The Morgan fingerprint density at radius 1 is 1.11 bits per heavy atom. The zero-order chi connectivity index (χ0) is 19.9. The summed E-state index contributed by atoms with van der Waals surface area (Å²) in [5.41, 5.74) is 2.31. The Bertz CT molecular complexity index is 1020. The molecule has 2 heterocycles. The number of hydrogen-bond acceptors (Lipinski definition) is 5. The van der Waals surface area contributed by atoms with E-state index in [9.17, 15) is 13.2 Å². The highest BCUT2D eigenvalue weighted by atomic mass is 32.2. The lowest BCUT2D eigenvalue weighted by Crippen LogP contribution is -2.49. The Hall–Kier alpha value is -2.74. The number of anilines is 2. The highest BCUT2D eigenvalue weighted by Crippen LogP contribution is 2.36. The summed E-state index contributed by atoms with van der Waals surface area (Å²) >= 11 is 0. The lowest BCUT2D eigenvalue weighted by molar-refractivity contribution is -0.119. The normalized spacial score (nSPS) is 16.4. The van der Waals surface area contributed by atoms with Crippen molar-refractivity contribution in [2.45, 2.75) is 19.4 Å². The average Bonchev–Trinajstić information content (AvgIpc) is 3.10. The number of rotatable bonds is 4. The van der Waals surface area contributed by atoms with Gasteiger partial charge in [0.25, 0.3) is 5.91 Å². The molecule has 4 rings (SSSR count). The van der Waals surface area contributed by atoms with Gasteiger partial charge in [0.2, 0.25) is 10.0 Å². The van der Waals surface area contributed by atoms with Gasteiger partial charge in [-0.05, 0) is 37.1 Å². The minimum absolute atomic E-state index is 0.259. The molecule has 28 heavy (non-hydrogen) atoms. The van der Waals surface area contributed by atoms with Crippen LogP contribution in [0.3, 0.4) is 0 Å². The molecule has 2 aliphatic rings. The number of benzene rings is 2. The van der Waals surface area contributed by atoms with Crippen molar-refractivity contribution < 1.29 is 22.7 Å². The zero-order valence-electron chi connectivity index (χ0n) is 15.8. The van der Waals surface area contributed by atoms with Crippen LogP contribution in [0.4, 0.5) is 11.4 Å². The minimum Gasteiger partial charge on any atom is -0.486 e. The van der Waals surface area contributed by atoms with Gasteiger partial charge in [-0.15, -0.1) is 0 Å². The van der Waals surface area contributed by atoms with Crippen LogP contribution in [0.15, 0.2) is 42.5 Å². The van der Waals surface area contributed by atoms with Crippen LogP contribution >= 0.6 is 0 Å². The molecular formula is C20H22N2O5S. The molecule has 0 aromatic heterocycles. The molecule has 0 N–H and O–H groups in total. The van der Waals surface area contributed by atoms with Crippen LogP contribution in [0.1, 0.15) is 12.5 Å². The third kappa shape index (κ3) is 3.28. The number of para-hydroxylation sites is 1. The van der Waals surface area contributed by atoms with Crippen molar-refractivity contribution in [1.29, 1.82) is 0 Å². The van der Waals surface area contributed by atoms with Gasteiger partial charge in [0, 0.05) is 18.3 Å². The van der Waals surface area contributed by atoms with Gasteiger partial charge >= 0.3 is 0 Å². The third-order valence-electron chi connectivity index (χ3n) is 5.00. The summed E-state index contributed by atoms with van der Waals surface area (Å²) in [6.45, 7) is 3.00. The van der Waals surface area contributed by atoms with Crippen LogP contribution in [-0.4, -0.2) is 46.4 Å². The van der Waals surface area contributed by atoms with Crippen molar-refractivity contribution in [3.05, 3.63) is 48.0 Å². The number of sulfonamides is 1. The van der Waals surface area contributed by atoms with Crippen LogP contribution in [0, 0.1) is 0 Å². The first kappa shape index (κ1) is 18.6. The van der Waals surface area contributed by atoms with E-state index in [4.69, 9.17) is 9.47 Å². The van der Waals surface area contributed by atoms with E-state index in [1.807, 2.05) is 24.3 Å². The molecule has 8 heteroatoms. The highest BCUT2D eigenvalue weighted by molar-refractivity contribution is 7.92. The molecule has 2 aromatic rings. The van der Waals surface area contributed by atoms with Crippen molar-refractivity contribution >= 4 is 27.3 Å². The lowest BCUT2D eigenvalue weighted by atomic mass is 10.2. The first-order chi connectivity index (χ1) is 13.4. The van der Waals surface area contributed by atoms with Crippen LogP contribution in [0.2, 0.25) is 0 Å². The number of carbonyl (C=O) groups is 1. The summed E-state index contributed by atoms with van der Waals surface area (Å²) in [5.74, 6) is 0.782. The Balaban J connectivity index is 1.68. The number of fused-ring (bicyclic) bond motifs is 2. The smallest absolute Gasteiger partial charge is 0.250 e. The standard InChI is InChI=1S/C20H22N2O5S/c1-14(20(23)21-10-9-15-5-3-4-6-17(15)21)22(28(2,24)25)16-7-8-18-19(13-16)27-12-11-26-18/h3-8,13-14H,9-12H2,1-2H3. The van der Waals surface area contributed by atoms with Crippen LogP contribution in [-0.2, 0) is 21.2 Å². The Morgan fingerprint density at radius 2 is 1.82 bits per heavy atom. The van der Waals surface area contributed by atoms with Crippen molar-refractivity contribution in [3.63, 3.8) is 0 Å². The number of carbonyl (C=O) groups excluding carboxylic acids is 1. The molecule has 1 atom stereocenters. The van der Waals surface area contributed by atoms with E-state index < -0.39 is 16.1 Å². The Kier molecular flexibility index (Phi) is 4.66. The maximum atomic E-state index is 13.2. The van der Waals surface area contributed by atoms with Crippen molar-refractivity contribution in [2.75, 3.05) is 35.2 Å². The van der Waals surface area contributed by atoms with Gasteiger partial charge in [-0.2, -0.15) is 0 Å². The SMILES string of the molecule is CC(C(=O)N1CCc2ccccc21)N(c1ccc2c(c1)OCCO2)S(C)(=O)=O. The number of hydrogen-bond donors (Lipinski definition) is 0. The fourth-order valence-electron chi connectivity index (χ4n) is 3.76. The molecule has 0 spiro atoms. The van der Waals surface area contributed by atoms with Crippen LogP contribution in [0.25, 0.3) is 0 Å². The molecule has 2 aromatic carbocycles. The molecule has 1 amide bonds. The monoisotopic (exact) mass is 402 g/mol. The summed E-state index contributed by atoms with van der Waals surface area (Å²) < 4.78 is 37.4. The minimum atomic E-state index is -3.71. The zero-order valence-corrected chi connectivity index (χ0v) is 16.6. The van der Waals surface area contributed by atoms with Crippen LogP contribution < -0.4 is 18.7 Å². The fraction of sp³-hybridized carbons (Fsp3) is 0.350. The van der Waals surface area contributed by atoms with E-state index in [-0.39, 0.29) is 5.91 Å². The predicted molar refractivity (Wildman–Crippen MR) is 107 cm³/mol. The lowest BCUT2D eigenvalue weighted by Gasteiger charge is -2.32. The fourth-order valence-corrected chi connectivity index (χ4v) is 4.93.